The van der Waals surface area contributed by atoms with Gasteiger partial charge in [-0.25, -0.2) is 13.8 Å². The van der Waals surface area contributed by atoms with E-state index in [9.17, 15) is 18.4 Å². The molecule has 0 bridgehead atoms. The second-order valence-corrected chi connectivity index (χ2v) is 11.2. The van der Waals surface area contributed by atoms with Crippen LogP contribution in [0.25, 0.3) is 11.3 Å². The lowest BCUT2D eigenvalue weighted by molar-refractivity contribution is -0.115. The molecule has 3 aromatic rings. The lowest BCUT2D eigenvalue weighted by Gasteiger charge is -2.37. The number of hydrogen-bond donors (Lipinski definition) is 2. The molecule has 0 aliphatic carbocycles. The Kier molecular flexibility index (Phi) is 8.43. The van der Waals surface area contributed by atoms with Crippen LogP contribution in [0.5, 0.6) is 0 Å². The number of carbonyl (C=O) groups is 2. The molecule has 8 nitrogen and oxygen atoms in total. The van der Waals surface area contributed by atoms with Crippen molar-refractivity contribution in [1.82, 2.24) is 10.3 Å². The second kappa shape index (κ2) is 12.0. The summed E-state index contributed by atoms with van der Waals surface area (Å²) in [5.41, 5.74) is 1.90. The molecule has 2 aliphatic rings. The Morgan fingerprint density at radius 2 is 1.93 bits per heavy atom. The van der Waals surface area contributed by atoms with E-state index in [-0.39, 0.29) is 44.0 Å². The largest absolute Gasteiger partial charge is 0.380 e. The van der Waals surface area contributed by atoms with Crippen LogP contribution in [0.2, 0.25) is 0 Å². The minimum absolute atomic E-state index is 0.0934. The number of morpholine rings is 1. The van der Waals surface area contributed by atoms with Gasteiger partial charge in [0.05, 0.1) is 36.5 Å². The van der Waals surface area contributed by atoms with E-state index in [0.29, 0.717) is 10.7 Å². The van der Waals surface area contributed by atoms with Gasteiger partial charge in [-0.2, -0.15) is 0 Å². The number of nitrogens with one attached hydrogen (secondary N) is 2. The van der Waals surface area contributed by atoms with Crippen LogP contribution < -0.4 is 15.5 Å². The molecule has 11 heteroatoms. The normalized spacial score (nSPS) is 22.9. The van der Waals surface area contributed by atoms with Gasteiger partial charge in [0.1, 0.15) is 0 Å². The van der Waals surface area contributed by atoms with E-state index in [1.165, 1.54) is 23.5 Å². The molecule has 0 radical (unpaired) electrons. The summed E-state index contributed by atoms with van der Waals surface area (Å²) in [5, 5.41) is 7.56. The van der Waals surface area contributed by atoms with Crippen LogP contribution in [-0.4, -0.2) is 68.3 Å². The molecule has 0 spiro atoms. The molecule has 2 aliphatic heterocycles. The first kappa shape index (κ1) is 28.1. The standard InChI is InChI=1S/C29H32F2N4O4S/c1-18-14-35(15-19(2)39-18)23-8-4-5-20(12-23)24-16-40-28(33-24)34-25(36)13-32-26(37)21-6-3-7-22(11-21)29(27(30)31)9-10-38-17-29/h3-8,11-12,16,18-19,27H,9-10,13-15,17H2,1-2H3,(H,32,37)(H,33,34,36)/t18-,19+,29-/m0/s1. The third-order valence-corrected chi connectivity index (χ3v) is 8.01. The molecule has 0 unspecified atom stereocenters. The number of anilines is 2. The van der Waals surface area contributed by atoms with E-state index in [1.807, 2.05) is 17.5 Å². The molecule has 2 saturated heterocycles. The Morgan fingerprint density at radius 1 is 1.15 bits per heavy atom. The molecule has 3 atom stereocenters. The van der Waals surface area contributed by atoms with Gasteiger partial charge < -0.3 is 25.0 Å². The van der Waals surface area contributed by atoms with Crippen LogP contribution in [0.4, 0.5) is 19.6 Å². The van der Waals surface area contributed by atoms with Crippen LogP contribution in [0.3, 0.4) is 0 Å². The summed E-state index contributed by atoms with van der Waals surface area (Å²) >= 11 is 1.29. The first-order valence-electron chi connectivity index (χ1n) is 13.2. The van der Waals surface area contributed by atoms with Crippen molar-refractivity contribution in [3.05, 3.63) is 65.0 Å². The maximum atomic E-state index is 13.9. The summed E-state index contributed by atoms with van der Waals surface area (Å²) in [6.07, 6.45) is -2.14. The Bertz CT molecular complexity index is 1350. The van der Waals surface area contributed by atoms with Gasteiger partial charge in [0.25, 0.3) is 5.91 Å². The second-order valence-electron chi connectivity index (χ2n) is 10.3. The van der Waals surface area contributed by atoms with Crippen molar-refractivity contribution in [2.45, 2.75) is 44.3 Å². The fourth-order valence-electron chi connectivity index (χ4n) is 5.22. The van der Waals surface area contributed by atoms with E-state index in [1.54, 1.807) is 12.1 Å². The Labute approximate surface area is 235 Å². The van der Waals surface area contributed by atoms with Crippen molar-refractivity contribution >= 4 is 34.0 Å². The summed E-state index contributed by atoms with van der Waals surface area (Å²) in [6, 6.07) is 14.2. The van der Waals surface area contributed by atoms with E-state index in [2.05, 4.69) is 46.5 Å². The minimum atomic E-state index is -2.61. The van der Waals surface area contributed by atoms with Crippen molar-refractivity contribution in [3.8, 4) is 11.3 Å². The van der Waals surface area contributed by atoms with Crippen LogP contribution >= 0.6 is 11.3 Å². The van der Waals surface area contributed by atoms with Gasteiger partial charge in [-0.05, 0) is 50.1 Å². The van der Waals surface area contributed by atoms with Crippen LogP contribution in [0, 0.1) is 0 Å². The molecule has 0 saturated carbocycles. The fourth-order valence-corrected chi connectivity index (χ4v) is 5.95. The van der Waals surface area contributed by atoms with Crippen LogP contribution in [0.1, 0.15) is 36.2 Å². The summed E-state index contributed by atoms with van der Waals surface area (Å²) in [6.45, 7) is 5.62. The van der Waals surface area contributed by atoms with Crippen molar-refractivity contribution in [3.63, 3.8) is 0 Å². The lowest BCUT2D eigenvalue weighted by Crippen LogP contribution is -2.45. The molecule has 2 amide bonds. The molecular formula is C29H32F2N4O4S. The van der Waals surface area contributed by atoms with Gasteiger partial charge in [-0.15, -0.1) is 11.3 Å². The monoisotopic (exact) mass is 570 g/mol. The van der Waals surface area contributed by atoms with Gasteiger partial charge in [0.15, 0.2) is 5.13 Å². The van der Waals surface area contributed by atoms with Crippen molar-refractivity contribution in [2.75, 3.05) is 43.1 Å². The fraction of sp³-hybridized carbons (Fsp3) is 0.414. The lowest BCUT2D eigenvalue weighted by atomic mass is 9.79. The highest BCUT2D eigenvalue weighted by Crippen LogP contribution is 2.39. The smallest absolute Gasteiger partial charge is 0.251 e. The molecular weight excluding hydrogens is 538 g/mol. The number of halogens is 2. The molecule has 1 aromatic heterocycles. The van der Waals surface area contributed by atoms with Crippen LogP contribution in [-0.2, 0) is 19.7 Å². The zero-order chi connectivity index (χ0) is 28.3. The van der Waals surface area contributed by atoms with Gasteiger partial charge in [0, 0.05) is 41.9 Å². The number of ether oxygens (including phenoxy) is 2. The van der Waals surface area contributed by atoms with Crippen LogP contribution in [0.15, 0.2) is 53.9 Å². The van der Waals surface area contributed by atoms with Gasteiger partial charge in [-0.3, -0.25) is 9.59 Å². The Morgan fingerprint density at radius 3 is 2.65 bits per heavy atom. The Hall–Kier alpha value is -3.41. The maximum absolute atomic E-state index is 13.9. The van der Waals surface area contributed by atoms with Crippen molar-refractivity contribution < 1.29 is 27.8 Å². The van der Waals surface area contributed by atoms with E-state index < -0.39 is 23.7 Å². The third kappa shape index (κ3) is 6.16. The topological polar surface area (TPSA) is 92.8 Å². The average molecular weight is 571 g/mol. The van der Waals surface area contributed by atoms with E-state index in [0.717, 1.165) is 30.0 Å². The van der Waals surface area contributed by atoms with Crippen molar-refractivity contribution in [2.24, 2.45) is 0 Å². The number of hydrogen-bond acceptors (Lipinski definition) is 7. The molecule has 3 heterocycles. The highest BCUT2D eigenvalue weighted by Gasteiger charge is 2.45. The molecule has 212 valence electrons. The first-order chi connectivity index (χ1) is 19.2. The molecule has 5 rings (SSSR count). The minimum Gasteiger partial charge on any atom is -0.380 e. The van der Waals surface area contributed by atoms with Crippen molar-refractivity contribution in [1.29, 1.82) is 0 Å². The Balaban J connectivity index is 1.18. The third-order valence-electron chi connectivity index (χ3n) is 7.26. The SMILES string of the molecule is C[C@@H]1CN(c2cccc(-c3csc(NC(=O)CNC(=O)c4cccc([C@]5(C(F)F)CCOC5)c4)n3)c2)C[C@H](C)O1. The zero-order valence-corrected chi connectivity index (χ0v) is 23.2. The van der Waals surface area contributed by atoms with Gasteiger partial charge >= 0.3 is 0 Å². The predicted molar refractivity (Wildman–Crippen MR) is 150 cm³/mol. The number of amides is 2. The number of alkyl halides is 2. The molecule has 2 N–H and O–H groups in total. The molecule has 2 fully saturated rings. The number of benzene rings is 2. The predicted octanol–water partition coefficient (Wildman–Crippen LogP) is 4.72. The number of aromatic nitrogens is 1. The maximum Gasteiger partial charge on any atom is 0.251 e. The number of nitrogens with zero attached hydrogens (tertiary/aromatic N) is 2. The zero-order valence-electron chi connectivity index (χ0n) is 22.4. The summed E-state index contributed by atoms with van der Waals surface area (Å²) in [7, 11) is 0. The quantitative estimate of drug-likeness (QED) is 0.408. The summed E-state index contributed by atoms with van der Waals surface area (Å²) in [5.74, 6) is -0.965. The van der Waals surface area contributed by atoms with E-state index in [4.69, 9.17) is 9.47 Å². The molecule has 2 aromatic carbocycles. The van der Waals surface area contributed by atoms with Gasteiger partial charge in [-0.1, -0.05) is 24.3 Å². The van der Waals surface area contributed by atoms with E-state index >= 15 is 0 Å². The number of thiazole rings is 1. The average Bonchev–Trinajstić information content (AvgIpc) is 3.62. The summed E-state index contributed by atoms with van der Waals surface area (Å²) in [4.78, 5) is 32.1. The number of carbonyl (C=O) groups excluding carboxylic acids is 2. The van der Waals surface area contributed by atoms with Gasteiger partial charge in [0.2, 0.25) is 12.3 Å². The highest BCUT2D eigenvalue weighted by molar-refractivity contribution is 7.14. The first-order valence-corrected chi connectivity index (χ1v) is 14.1. The number of rotatable bonds is 8. The molecule has 40 heavy (non-hydrogen) atoms. The highest BCUT2D eigenvalue weighted by atomic mass is 32.1. The summed E-state index contributed by atoms with van der Waals surface area (Å²) < 4.78 is 38.8.